The molecule has 1 atom stereocenters. The maximum atomic E-state index is 12.8. The van der Waals surface area contributed by atoms with Crippen LogP contribution in [0.4, 0.5) is 5.69 Å². The molecule has 1 heterocycles. The summed E-state index contributed by atoms with van der Waals surface area (Å²) < 4.78 is 28.0. The lowest BCUT2D eigenvalue weighted by atomic mass is 9.97. The van der Waals surface area contributed by atoms with E-state index in [1.807, 2.05) is 0 Å². The van der Waals surface area contributed by atoms with Crippen LogP contribution in [0, 0.1) is 12.8 Å². The first-order valence-corrected chi connectivity index (χ1v) is 9.15. The van der Waals surface area contributed by atoms with Gasteiger partial charge >= 0.3 is 0 Å². The highest BCUT2D eigenvalue weighted by molar-refractivity contribution is 9.10. The zero-order valence-corrected chi connectivity index (χ0v) is 14.3. The molecule has 0 radical (unpaired) electrons. The predicted octanol–water partition coefficient (Wildman–Crippen LogP) is 3.15. The number of sulfonamides is 1. The van der Waals surface area contributed by atoms with Crippen molar-refractivity contribution in [3.8, 4) is 0 Å². The van der Waals surface area contributed by atoms with Gasteiger partial charge in [0.2, 0.25) is 10.0 Å². The second-order valence-corrected chi connectivity index (χ2v) is 8.22. The summed E-state index contributed by atoms with van der Waals surface area (Å²) in [6.07, 6.45) is 3.06. The standard InChI is InChI=1S/C14H21BrN2O2S/c1-3-11-5-4-6-17(9-11)20(18,19)14-8-12(15)7-13(16)10(14)2/h7-8,11H,3-6,9,16H2,1-2H3. The van der Waals surface area contributed by atoms with Crippen LogP contribution in [-0.2, 0) is 10.0 Å². The third-order valence-electron chi connectivity index (χ3n) is 4.04. The normalized spacial score (nSPS) is 21.1. The number of anilines is 1. The van der Waals surface area contributed by atoms with E-state index >= 15 is 0 Å². The molecule has 1 fully saturated rings. The van der Waals surface area contributed by atoms with Gasteiger partial charge in [-0.1, -0.05) is 29.3 Å². The largest absolute Gasteiger partial charge is 0.398 e. The molecule has 1 aliphatic heterocycles. The van der Waals surface area contributed by atoms with Crippen molar-refractivity contribution in [2.24, 2.45) is 5.92 Å². The number of nitrogens with zero attached hydrogens (tertiary/aromatic N) is 1. The van der Waals surface area contributed by atoms with Crippen LogP contribution < -0.4 is 5.73 Å². The van der Waals surface area contributed by atoms with E-state index in [9.17, 15) is 8.42 Å². The number of halogens is 1. The summed E-state index contributed by atoms with van der Waals surface area (Å²) in [7, 11) is -3.46. The first kappa shape index (κ1) is 15.8. The van der Waals surface area contributed by atoms with Gasteiger partial charge in [-0.15, -0.1) is 0 Å². The minimum absolute atomic E-state index is 0.320. The van der Waals surface area contributed by atoms with Crippen LogP contribution in [0.1, 0.15) is 31.7 Å². The Morgan fingerprint density at radius 2 is 2.15 bits per heavy atom. The first-order chi connectivity index (χ1) is 9.36. The zero-order chi connectivity index (χ0) is 14.9. The molecule has 2 rings (SSSR count). The van der Waals surface area contributed by atoms with Gasteiger partial charge in [0.1, 0.15) is 0 Å². The summed E-state index contributed by atoms with van der Waals surface area (Å²) in [5, 5.41) is 0. The number of nitrogens with two attached hydrogens (primary N) is 1. The Kier molecular flexibility index (Phi) is 4.76. The molecule has 0 aliphatic carbocycles. The van der Waals surface area contributed by atoms with Gasteiger partial charge in [-0.05, 0) is 43.4 Å². The molecule has 20 heavy (non-hydrogen) atoms. The Hall–Kier alpha value is -0.590. The highest BCUT2D eigenvalue weighted by Crippen LogP contribution is 2.31. The third-order valence-corrected chi connectivity index (χ3v) is 6.49. The van der Waals surface area contributed by atoms with Crippen molar-refractivity contribution < 1.29 is 8.42 Å². The molecule has 1 saturated heterocycles. The smallest absolute Gasteiger partial charge is 0.243 e. The molecule has 6 heteroatoms. The summed E-state index contributed by atoms with van der Waals surface area (Å²) in [4.78, 5) is 0.320. The third kappa shape index (κ3) is 3.02. The lowest BCUT2D eigenvalue weighted by molar-refractivity contribution is 0.261. The van der Waals surface area contributed by atoms with Crippen molar-refractivity contribution in [3.05, 3.63) is 22.2 Å². The average molecular weight is 361 g/mol. The van der Waals surface area contributed by atoms with E-state index in [-0.39, 0.29) is 0 Å². The molecule has 0 amide bonds. The van der Waals surface area contributed by atoms with Gasteiger partial charge < -0.3 is 5.73 Å². The van der Waals surface area contributed by atoms with Crippen molar-refractivity contribution in [1.82, 2.24) is 4.31 Å². The molecular weight excluding hydrogens is 340 g/mol. The Labute approximate surface area is 129 Å². The number of nitrogen functional groups attached to an aromatic ring is 1. The van der Waals surface area contributed by atoms with E-state index in [2.05, 4.69) is 22.9 Å². The van der Waals surface area contributed by atoms with Crippen LogP contribution in [0.25, 0.3) is 0 Å². The Balaban J connectivity index is 2.40. The maximum absolute atomic E-state index is 12.8. The van der Waals surface area contributed by atoms with Gasteiger partial charge in [-0.25, -0.2) is 8.42 Å². The average Bonchev–Trinajstić information content (AvgIpc) is 2.42. The van der Waals surface area contributed by atoms with Gasteiger partial charge in [0.15, 0.2) is 0 Å². The quantitative estimate of drug-likeness (QED) is 0.842. The predicted molar refractivity (Wildman–Crippen MR) is 85.1 cm³/mol. The number of piperidine rings is 1. The Morgan fingerprint density at radius 3 is 2.80 bits per heavy atom. The minimum Gasteiger partial charge on any atom is -0.398 e. The topological polar surface area (TPSA) is 63.4 Å². The zero-order valence-electron chi connectivity index (χ0n) is 11.9. The monoisotopic (exact) mass is 360 g/mol. The fourth-order valence-corrected chi connectivity index (χ4v) is 5.12. The van der Waals surface area contributed by atoms with E-state index in [1.165, 1.54) is 0 Å². The molecule has 1 aromatic rings. The Morgan fingerprint density at radius 1 is 1.45 bits per heavy atom. The molecule has 1 aliphatic rings. The molecule has 0 bridgehead atoms. The number of benzene rings is 1. The second-order valence-electron chi connectivity index (χ2n) is 5.40. The van der Waals surface area contributed by atoms with Crippen LogP contribution in [0.2, 0.25) is 0 Å². The van der Waals surface area contributed by atoms with Crippen LogP contribution in [0.5, 0.6) is 0 Å². The lowest BCUT2D eigenvalue weighted by Gasteiger charge is -2.32. The van der Waals surface area contributed by atoms with Gasteiger partial charge in [-0.2, -0.15) is 4.31 Å². The lowest BCUT2D eigenvalue weighted by Crippen LogP contribution is -2.40. The van der Waals surface area contributed by atoms with Crippen molar-refractivity contribution in [1.29, 1.82) is 0 Å². The molecule has 4 nitrogen and oxygen atoms in total. The fraction of sp³-hybridized carbons (Fsp3) is 0.571. The molecule has 1 unspecified atom stereocenters. The highest BCUT2D eigenvalue weighted by atomic mass is 79.9. The molecule has 1 aromatic carbocycles. The van der Waals surface area contributed by atoms with E-state index in [4.69, 9.17) is 5.73 Å². The summed E-state index contributed by atoms with van der Waals surface area (Å²) in [6, 6.07) is 3.38. The fourth-order valence-electron chi connectivity index (χ4n) is 2.66. The SMILES string of the molecule is CCC1CCCN(S(=O)(=O)c2cc(Br)cc(N)c2C)C1. The number of hydrogen-bond donors (Lipinski definition) is 1. The molecule has 2 N–H and O–H groups in total. The van der Waals surface area contributed by atoms with E-state index in [0.29, 0.717) is 39.6 Å². The van der Waals surface area contributed by atoms with E-state index in [0.717, 1.165) is 19.3 Å². The van der Waals surface area contributed by atoms with Gasteiger partial charge in [0, 0.05) is 23.2 Å². The van der Waals surface area contributed by atoms with Crippen molar-refractivity contribution in [2.75, 3.05) is 18.8 Å². The highest BCUT2D eigenvalue weighted by Gasteiger charge is 2.31. The minimum atomic E-state index is -3.46. The Bertz CT molecular complexity index is 601. The number of hydrogen-bond acceptors (Lipinski definition) is 3. The van der Waals surface area contributed by atoms with Crippen molar-refractivity contribution >= 4 is 31.6 Å². The molecular formula is C14H21BrN2O2S. The summed E-state index contributed by atoms with van der Waals surface area (Å²) in [6.45, 7) is 5.09. The molecule has 0 spiro atoms. The van der Waals surface area contributed by atoms with Crippen LogP contribution in [-0.4, -0.2) is 25.8 Å². The molecule has 0 saturated carbocycles. The van der Waals surface area contributed by atoms with Gasteiger partial charge in [0.05, 0.1) is 4.90 Å². The van der Waals surface area contributed by atoms with Crippen molar-refractivity contribution in [3.63, 3.8) is 0 Å². The van der Waals surface area contributed by atoms with E-state index < -0.39 is 10.0 Å². The second kappa shape index (κ2) is 6.03. The van der Waals surface area contributed by atoms with Gasteiger partial charge in [-0.3, -0.25) is 0 Å². The molecule has 112 valence electrons. The summed E-state index contributed by atoms with van der Waals surface area (Å²) >= 11 is 3.33. The van der Waals surface area contributed by atoms with Crippen LogP contribution >= 0.6 is 15.9 Å². The van der Waals surface area contributed by atoms with Gasteiger partial charge in [0.25, 0.3) is 0 Å². The maximum Gasteiger partial charge on any atom is 0.243 e. The van der Waals surface area contributed by atoms with Crippen LogP contribution in [0.15, 0.2) is 21.5 Å². The summed E-state index contributed by atoms with van der Waals surface area (Å²) in [5.41, 5.74) is 7.02. The first-order valence-electron chi connectivity index (χ1n) is 6.92. The summed E-state index contributed by atoms with van der Waals surface area (Å²) in [5.74, 6) is 0.461. The van der Waals surface area contributed by atoms with Crippen LogP contribution in [0.3, 0.4) is 0 Å². The van der Waals surface area contributed by atoms with E-state index in [1.54, 1.807) is 23.4 Å². The molecule has 0 aromatic heterocycles. The van der Waals surface area contributed by atoms with Crippen molar-refractivity contribution in [2.45, 2.75) is 38.0 Å². The number of rotatable bonds is 3.